The fourth-order valence-corrected chi connectivity index (χ4v) is 3.05. The van der Waals surface area contributed by atoms with Gasteiger partial charge in [0.15, 0.2) is 12.1 Å². The number of guanidine groups is 1. The van der Waals surface area contributed by atoms with Crippen LogP contribution in [0, 0.1) is 0 Å². The lowest BCUT2D eigenvalue weighted by molar-refractivity contribution is 0.626. The molecule has 0 unspecified atom stereocenters. The summed E-state index contributed by atoms with van der Waals surface area (Å²) in [6, 6.07) is 13.3. The van der Waals surface area contributed by atoms with Gasteiger partial charge < -0.3 is 5.73 Å². The van der Waals surface area contributed by atoms with E-state index < -0.39 is 6.17 Å². The molecule has 22 heavy (non-hydrogen) atoms. The molecule has 1 atom stereocenters. The average molecular weight is 332 g/mol. The monoisotopic (exact) mass is 331 g/mol. The predicted octanol–water partition coefficient (Wildman–Crippen LogP) is 3.63. The third-order valence-corrected chi connectivity index (χ3v) is 4.43. The standard InChI is InChI=1S/C15H11Cl2N5/c16-9-5-3-4-8(12(9)17)13-20-14(18)21-15-19-10-6-1-2-7-11(10)22(13)15/h1-7,13H,(H3,18,19,20,21)/t13-/m1/s1. The van der Waals surface area contributed by atoms with E-state index in [4.69, 9.17) is 28.9 Å². The van der Waals surface area contributed by atoms with Crippen molar-refractivity contribution in [1.29, 1.82) is 0 Å². The number of halogens is 2. The summed E-state index contributed by atoms with van der Waals surface area (Å²) in [5.41, 5.74) is 8.48. The van der Waals surface area contributed by atoms with E-state index in [1.54, 1.807) is 6.07 Å². The van der Waals surface area contributed by atoms with E-state index in [1.807, 2.05) is 41.0 Å². The van der Waals surface area contributed by atoms with Crippen molar-refractivity contribution in [2.75, 3.05) is 5.32 Å². The summed E-state index contributed by atoms with van der Waals surface area (Å²) in [4.78, 5) is 9.03. The Morgan fingerprint density at radius 1 is 1.09 bits per heavy atom. The largest absolute Gasteiger partial charge is 0.370 e. The Hall–Kier alpha value is -2.24. The number of hydrogen-bond donors (Lipinski definition) is 2. The summed E-state index contributed by atoms with van der Waals surface area (Å²) in [7, 11) is 0. The molecule has 0 saturated heterocycles. The molecular formula is C15H11Cl2N5. The van der Waals surface area contributed by atoms with Crippen molar-refractivity contribution in [3.05, 3.63) is 58.1 Å². The van der Waals surface area contributed by atoms with Gasteiger partial charge in [0.25, 0.3) is 0 Å². The molecule has 0 saturated carbocycles. The molecule has 3 N–H and O–H groups in total. The Labute approximate surface area is 136 Å². The second-order valence-corrected chi connectivity index (χ2v) is 5.74. The van der Waals surface area contributed by atoms with E-state index in [0.29, 0.717) is 22.0 Å². The van der Waals surface area contributed by atoms with Crippen molar-refractivity contribution in [2.45, 2.75) is 6.17 Å². The molecule has 1 aromatic heterocycles. The quantitative estimate of drug-likeness (QED) is 0.715. The van der Waals surface area contributed by atoms with Crippen LogP contribution in [-0.2, 0) is 0 Å². The number of nitrogens with two attached hydrogens (primary N) is 1. The highest BCUT2D eigenvalue weighted by Gasteiger charge is 2.26. The summed E-state index contributed by atoms with van der Waals surface area (Å²) in [5, 5.41) is 3.94. The van der Waals surface area contributed by atoms with Gasteiger partial charge in [0.2, 0.25) is 5.95 Å². The Kier molecular flexibility index (Phi) is 2.99. The van der Waals surface area contributed by atoms with Gasteiger partial charge in [0, 0.05) is 5.56 Å². The van der Waals surface area contributed by atoms with Crippen molar-refractivity contribution in [3.63, 3.8) is 0 Å². The van der Waals surface area contributed by atoms with Gasteiger partial charge in [-0.2, -0.15) is 0 Å². The number of rotatable bonds is 1. The molecule has 0 spiro atoms. The van der Waals surface area contributed by atoms with Gasteiger partial charge in [-0.05, 0) is 18.2 Å². The fraction of sp³-hybridized carbons (Fsp3) is 0.0667. The van der Waals surface area contributed by atoms with Crippen LogP contribution in [0.5, 0.6) is 0 Å². The summed E-state index contributed by atoms with van der Waals surface area (Å²) in [5.74, 6) is 0.929. The van der Waals surface area contributed by atoms with Gasteiger partial charge in [0.05, 0.1) is 21.1 Å². The number of nitrogens with one attached hydrogen (secondary N) is 1. The Balaban J connectivity index is 2.00. The topological polar surface area (TPSA) is 68.2 Å². The predicted molar refractivity (Wildman–Crippen MR) is 89.6 cm³/mol. The maximum absolute atomic E-state index is 6.36. The number of imidazole rings is 1. The number of nitrogens with zero attached hydrogens (tertiary/aromatic N) is 3. The second kappa shape index (κ2) is 4.90. The fourth-order valence-electron chi connectivity index (χ4n) is 2.65. The van der Waals surface area contributed by atoms with Crippen molar-refractivity contribution in [2.24, 2.45) is 10.7 Å². The van der Waals surface area contributed by atoms with Crippen molar-refractivity contribution < 1.29 is 0 Å². The van der Waals surface area contributed by atoms with Gasteiger partial charge in [-0.25, -0.2) is 9.98 Å². The van der Waals surface area contributed by atoms with Crippen LogP contribution in [0.4, 0.5) is 5.95 Å². The number of anilines is 1. The van der Waals surface area contributed by atoms with E-state index in [9.17, 15) is 0 Å². The van der Waals surface area contributed by atoms with E-state index >= 15 is 0 Å². The van der Waals surface area contributed by atoms with Crippen molar-refractivity contribution in [3.8, 4) is 0 Å². The molecule has 110 valence electrons. The van der Waals surface area contributed by atoms with Gasteiger partial charge in [-0.15, -0.1) is 0 Å². The van der Waals surface area contributed by atoms with Crippen molar-refractivity contribution in [1.82, 2.24) is 9.55 Å². The maximum Gasteiger partial charge on any atom is 0.212 e. The lowest BCUT2D eigenvalue weighted by Gasteiger charge is -2.24. The summed E-state index contributed by atoms with van der Waals surface area (Å²) < 4.78 is 1.96. The first-order chi connectivity index (χ1) is 10.6. The lowest BCUT2D eigenvalue weighted by atomic mass is 10.1. The zero-order chi connectivity index (χ0) is 15.3. The number of aliphatic imine (C=N–C) groups is 1. The first-order valence-corrected chi connectivity index (χ1v) is 7.42. The number of aromatic nitrogens is 2. The molecule has 0 amide bonds. The van der Waals surface area contributed by atoms with E-state index in [1.165, 1.54) is 0 Å². The SMILES string of the molecule is NC1=N[C@@H](c2cccc(Cl)c2Cl)n2c(nc3ccccc32)N1. The van der Waals surface area contributed by atoms with Crippen LogP contribution in [0.3, 0.4) is 0 Å². The molecule has 0 aliphatic carbocycles. The Bertz CT molecular complexity index is 915. The highest BCUT2D eigenvalue weighted by atomic mass is 35.5. The number of benzene rings is 2. The molecule has 2 heterocycles. The van der Waals surface area contributed by atoms with Gasteiger partial charge in [-0.3, -0.25) is 9.88 Å². The number of para-hydroxylation sites is 2. The first kappa shape index (κ1) is 13.4. The van der Waals surface area contributed by atoms with Crippen LogP contribution >= 0.6 is 23.2 Å². The van der Waals surface area contributed by atoms with Crippen LogP contribution < -0.4 is 11.1 Å². The molecule has 1 aliphatic heterocycles. The Morgan fingerprint density at radius 3 is 2.77 bits per heavy atom. The van der Waals surface area contributed by atoms with E-state index in [2.05, 4.69) is 15.3 Å². The van der Waals surface area contributed by atoms with Gasteiger partial charge >= 0.3 is 0 Å². The smallest absolute Gasteiger partial charge is 0.212 e. The van der Waals surface area contributed by atoms with Crippen LogP contribution in [-0.4, -0.2) is 15.5 Å². The minimum Gasteiger partial charge on any atom is -0.370 e. The normalized spacial score (nSPS) is 17.0. The first-order valence-electron chi connectivity index (χ1n) is 6.66. The average Bonchev–Trinajstić information content (AvgIpc) is 2.87. The Morgan fingerprint density at radius 2 is 1.91 bits per heavy atom. The van der Waals surface area contributed by atoms with Gasteiger partial charge in [0.1, 0.15) is 0 Å². The highest BCUT2D eigenvalue weighted by Crippen LogP contribution is 2.37. The maximum atomic E-state index is 6.36. The summed E-state index contributed by atoms with van der Waals surface area (Å²) in [6.45, 7) is 0. The van der Waals surface area contributed by atoms with Crippen molar-refractivity contribution >= 4 is 46.1 Å². The van der Waals surface area contributed by atoms with Gasteiger partial charge in [-0.1, -0.05) is 47.5 Å². The molecule has 0 fully saturated rings. The van der Waals surface area contributed by atoms with Crippen LogP contribution in [0.25, 0.3) is 11.0 Å². The zero-order valence-electron chi connectivity index (χ0n) is 11.3. The third-order valence-electron chi connectivity index (χ3n) is 3.60. The molecule has 0 bridgehead atoms. The molecule has 5 nitrogen and oxygen atoms in total. The highest BCUT2D eigenvalue weighted by molar-refractivity contribution is 6.42. The van der Waals surface area contributed by atoms with E-state index in [-0.39, 0.29) is 0 Å². The number of fused-ring (bicyclic) bond motifs is 3. The second-order valence-electron chi connectivity index (χ2n) is 4.95. The van der Waals surface area contributed by atoms with Crippen LogP contribution in [0.15, 0.2) is 47.5 Å². The van der Waals surface area contributed by atoms with Crippen LogP contribution in [0.1, 0.15) is 11.7 Å². The summed E-state index contributed by atoms with van der Waals surface area (Å²) in [6.07, 6.45) is -0.408. The minimum absolute atomic E-state index is 0.295. The molecule has 2 aromatic carbocycles. The number of hydrogen-bond acceptors (Lipinski definition) is 4. The molecular weight excluding hydrogens is 321 g/mol. The van der Waals surface area contributed by atoms with E-state index in [0.717, 1.165) is 16.6 Å². The zero-order valence-corrected chi connectivity index (χ0v) is 12.8. The third kappa shape index (κ3) is 1.94. The van der Waals surface area contributed by atoms with Crippen LogP contribution in [0.2, 0.25) is 10.0 Å². The lowest BCUT2D eigenvalue weighted by Crippen LogP contribution is -2.31. The molecule has 0 radical (unpaired) electrons. The molecule has 4 rings (SSSR count). The molecule has 3 aromatic rings. The molecule has 7 heteroatoms. The molecule has 1 aliphatic rings. The summed E-state index contributed by atoms with van der Waals surface area (Å²) >= 11 is 12.5. The minimum atomic E-state index is -0.408.